The lowest BCUT2D eigenvalue weighted by Gasteiger charge is -2.09. The van der Waals surface area contributed by atoms with E-state index in [2.05, 4.69) is 20.4 Å². The van der Waals surface area contributed by atoms with Crippen LogP contribution in [0.15, 0.2) is 60.9 Å². The molecule has 4 aromatic rings. The number of aromatic nitrogens is 4. The molecule has 1 amide bonds. The first kappa shape index (κ1) is 21.5. The van der Waals surface area contributed by atoms with Crippen molar-refractivity contribution in [3.63, 3.8) is 0 Å². The largest absolute Gasteiger partial charge is 0.439 e. The second-order valence-corrected chi connectivity index (χ2v) is 7.77. The molecule has 0 aliphatic rings. The number of aryl methyl sites for hydroxylation is 1. The van der Waals surface area contributed by atoms with Gasteiger partial charge in [-0.3, -0.25) is 4.79 Å². The summed E-state index contributed by atoms with van der Waals surface area (Å²) < 4.78 is 7.64. The summed E-state index contributed by atoms with van der Waals surface area (Å²) in [6.07, 6.45) is 1.65. The van der Waals surface area contributed by atoms with Gasteiger partial charge in [0, 0.05) is 22.5 Å². The van der Waals surface area contributed by atoms with Crippen LogP contribution in [-0.2, 0) is 11.2 Å². The first-order valence-corrected chi connectivity index (χ1v) is 10.4. The minimum Gasteiger partial charge on any atom is -0.439 e. The van der Waals surface area contributed by atoms with E-state index in [4.69, 9.17) is 16.3 Å². The first-order valence-electron chi connectivity index (χ1n) is 10.1. The molecule has 0 aliphatic carbocycles. The van der Waals surface area contributed by atoms with Crippen molar-refractivity contribution in [1.82, 2.24) is 19.7 Å². The molecule has 0 saturated carbocycles. The Bertz CT molecular complexity index is 1270. The molecule has 32 heavy (non-hydrogen) atoms. The van der Waals surface area contributed by atoms with Gasteiger partial charge in [-0.25, -0.2) is 14.6 Å². The van der Waals surface area contributed by atoms with Crippen LogP contribution < -0.4 is 10.1 Å². The van der Waals surface area contributed by atoms with Crippen molar-refractivity contribution in [2.45, 2.75) is 27.2 Å². The molecular weight excluding hydrogens is 426 g/mol. The summed E-state index contributed by atoms with van der Waals surface area (Å²) in [4.78, 5) is 20.8. The van der Waals surface area contributed by atoms with E-state index in [1.54, 1.807) is 41.1 Å². The second kappa shape index (κ2) is 9.20. The number of nitrogens with one attached hydrogen (secondary N) is 1. The van der Waals surface area contributed by atoms with Crippen molar-refractivity contribution in [2.75, 3.05) is 5.32 Å². The third kappa shape index (κ3) is 4.78. The number of hydrogen-bond acceptors (Lipinski definition) is 5. The molecule has 162 valence electrons. The molecule has 0 unspecified atom stereocenters. The number of benzene rings is 2. The molecule has 2 aromatic carbocycles. The van der Waals surface area contributed by atoms with Crippen LogP contribution in [0, 0.1) is 20.8 Å². The number of hydrogen-bond donors (Lipinski definition) is 1. The van der Waals surface area contributed by atoms with E-state index in [1.807, 2.05) is 39.0 Å². The number of amides is 1. The van der Waals surface area contributed by atoms with Gasteiger partial charge >= 0.3 is 0 Å². The maximum atomic E-state index is 12.3. The number of ether oxygens (including phenoxy) is 1. The monoisotopic (exact) mass is 447 g/mol. The first-order chi connectivity index (χ1) is 15.4. The molecule has 2 heterocycles. The molecule has 8 heteroatoms. The molecule has 0 spiro atoms. The lowest BCUT2D eigenvalue weighted by molar-refractivity contribution is -0.115. The molecular formula is C24H22ClN5O2. The molecule has 4 rings (SSSR count). The second-order valence-electron chi connectivity index (χ2n) is 7.36. The van der Waals surface area contributed by atoms with Gasteiger partial charge in [-0.1, -0.05) is 29.8 Å². The van der Waals surface area contributed by atoms with E-state index in [0.29, 0.717) is 28.2 Å². The zero-order valence-corrected chi connectivity index (χ0v) is 18.7. The van der Waals surface area contributed by atoms with Crippen LogP contribution in [0.4, 0.5) is 5.69 Å². The van der Waals surface area contributed by atoms with Crippen molar-refractivity contribution in [2.24, 2.45) is 0 Å². The molecule has 0 saturated heterocycles. The minimum atomic E-state index is -0.146. The Kier molecular flexibility index (Phi) is 6.18. The van der Waals surface area contributed by atoms with Crippen LogP contribution in [0.25, 0.3) is 5.82 Å². The Morgan fingerprint density at radius 2 is 1.81 bits per heavy atom. The highest BCUT2D eigenvalue weighted by Gasteiger charge is 2.12. The zero-order valence-electron chi connectivity index (χ0n) is 18.0. The number of anilines is 1. The minimum absolute atomic E-state index is 0.146. The van der Waals surface area contributed by atoms with Gasteiger partial charge in [0.15, 0.2) is 5.82 Å². The van der Waals surface area contributed by atoms with E-state index in [9.17, 15) is 4.79 Å². The number of carbonyl (C=O) groups is 1. The average Bonchev–Trinajstić information content (AvgIpc) is 3.04. The lowest BCUT2D eigenvalue weighted by atomic mass is 10.1. The van der Waals surface area contributed by atoms with Gasteiger partial charge < -0.3 is 10.1 Å². The topological polar surface area (TPSA) is 81.9 Å². The highest BCUT2D eigenvalue weighted by atomic mass is 35.5. The van der Waals surface area contributed by atoms with Crippen molar-refractivity contribution >= 4 is 23.2 Å². The van der Waals surface area contributed by atoms with Crippen molar-refractivity contribution < 1.29 is 9.53 Å². The summed E-state index contributed by atoms with van der Waals surface area (Å²) in [5.41, 5.74) is 4.54. The van der Waals surface area contributed by atoms with Crippen LogP contribution in [-0.4, -0.2) is 25.7 Å². The van der Waals surface area contributed by atoms with Crippen LogP contribution in [0.2, 0.25) is 5.02 Å². The smallest absolute Gasteiger partial charge is 0.228 e. The maximum Gasteiger partial charge on any atom is 0.228 e. The fraction of sp³-hybridized carbons (Fsp3) is 0.167. The third-order valence-corrected chi connectivity index (χ3v) is 5.54. The summed E-state index contributed by atoms with van der Waals surface area (Å²) in [7, 11) is 0. The van der Waals surface area contributed by atoms with Crippen LogP contribution in [0.3, 0.4) is 0 Å². The third-order valence-electron chi connectivity index (χ3n) is 5.17. The van der Waals surface area contributed by atoms with Crippen molar-refractivity contribution in [3.05, 3.63) is 88.5 Å². The van der Waals surface area contributed by atoms with Crippen LogP contribution in [0.5, 0.6) is 11.6 Å². The van der Waals surface area contributed by atoms with Crippen molar-refractivity contribution in [3.8, 4) is 17.4 Å². The van der Waals surface area contributed by atoms with Gasteiger partial charge in [0.1, 0.15) is 12.1 Å². The van der Waals surface area contributed by atoms with Crippen LogP contribution in [0.1, 0.15) is 22.5 Å². The Morgan fingerprint density at radius 3 is 2.50 bits per heavy atom. The molecule has 7 nitrogen and oxygen atoms in total. The van der Waals surface area contributed by atoms with E-state index < -0.39 is 0 Å². The Morgan fingerprint density at radius 1 is 1.06 bits per heavy atom. The van der Waals surface area contributed by atoms with Gasteiger partial charge in [-0.2, -0.15) is 5.10 Å². The Balaban J connectivity index is 1.42. The fourth-order valence-corrected chi connectivity index (χ4v) is 3.39. The average molecular weight is 448 g/mol. The highest BCUT2D eigenvalue weighted by molar-refractivity contribution is 6.31. The van der Waals surface area contributed by atoms with Crippen LogP contribution >= 0.6 is 11.6 Å². The molecule has 0 aliphatic heterocycles. The van der Waals surface area contributed by atoms with Gasteiger partial charge in [0.25, 0.3) is 0 Å². The molecule has 0 atom stereocenters. The summed E-state index contributed by atoms with van der Waals surface area (Å²) in [5, 5.41) is 7.96. The zero-order chi connectivity index (χ0) is 22.7. The SMILES string of the molecule is Cc1nn(-c2cc(Oc3ccc(NC(=O)Cc4ccccc4Cl)cc3)ncn2)c(C)c1C. The normalized spacial score (nSPS) is 10.8. The summed E-state index contributed by atoms with van der Waals surface area (Å²) in [6.45, 7) is 5.99. The van der Waals surface area contributed by atoms with Gasteiger partial charge in [-0.05, 0) is 62.2 Å². The predicted octanol–water partition coefficient (Wildman–Crippen LogP) is 5.21. The molecule has 0 radical (unpaired) electrons. The summed E-state index contributed by atoms with van der Waals surface area (Å²) in [6, 6.07) is 16.1. The molecule has 1 N–H and O–H groups in total. The molecule has 0 fully saturated rings. The summed E-state index contributed by atoms with van der Waals surface area (Å²) in [5.74, 6) is 1.47. The van der Waals surface area contributed by atoms with Gasteiger partial charge in [0.2, 0.25) is 11.8 Å². The predicted molar refractivity (Wildman–Crippen MR) is 124 cm³/mol. The molecule has 0 bridgehead atoms. The number of nitrogens with zero attached hydrogens (tertiary/aromatic N) is 4. The number of halogens is 1. The van der Waals surface area contributed by atoms with E-state index in [-0.39, 0.29) is 12.3 Å². The fourth-order valence-electron chi connectivity index (χ4n) is 3.19. The summed E-state index contributed by atoms with van der Waals surface area (Å²) >= 11 is 6.12. The number of carbonyl (C=O) groups excluding carboxylic acids is 1. The van der Waals surface area contributed by atoms with Gasteiger partial charge in [-0.15, -0.1) is 0 Å². The highest BCUT2D eigenvalue weighted by Crippen LogP contribution is 2.24. The number of rotatable bonds is 6. The maximum absolute atomic E-state index is 12.3. The van der Waals surface area contributed by atoms with E-state index >= 15 is 0 Å². The standard InChI is InChI=1S/C24H22ClN5O2/c1-15-16(2)29-30(17(15)3)22-13-24(27-14-26-22)32-20-10-8-19(9-11-20)28-23(31)12-18-6-4-5-7-21(18)25/h4-11,13-14H,12H2,1-3H3,(H,28,31). The van der Waals surface area contributed by atoms with E-state index in [0.717, 1.165) is 22.5 Å². The Hall–Kier alpha value is -3.71. The Labute approximate surface area is 191 Å². The van der Waals surface area contributed by atoms with Crippen molar-refractivity contribution in [1.29, 1.82) is 0 Å². The van der Waals surface area contributed by atoms with E-state index in [1.165, 1.54) is 6.33 Å². The lowest BCUT2D eigenvalue weighted by Crippen LogP contribution is -2.14. The quantitative estimate of drug-likeness (QED) is 0.438. The van der Waals surface area contributed by atoms with Gasteiger partial charge in [0.05, 0.1) is 12.1 Å². The molecule has 2 aromatic heterocycles.